The van der Waals surface area contributed by atoms with Gasteiger partial charge in [-0.3, -0.25) is 0 Å². The first kappa shape index (κ1) is 10.6. The lowest BCUT2D eigenvalue weighted by molar-refractivity contribution is 0.271. The molecule has 16 heavy (non-hydrogen) atoms. The average Bonchev–Trinajstić information content (AvgIpc) is 2.38. The number of nitrogens with zero attached hydrogens (tertiary/aromatic N) is 2. The minimum atomic E-state index is -0.138. The van der Waals surface area contributed by atoms with E-state index in [0.717, 1.165) is 5.82 Å². The van der Waals surface area contributed by atoms with Gasteiger partial charge in [0, 0.05) is 12.7 Å². The predicted molar refractivity (Wildman–Crippen MR) is 61.7 cm³/mol. The van der Waals surface area contributed by atoms with Gasteiger partial charge in [0.05, 0.1) is 0 Å². The molecular weight excluding hydrogens is 202 g/mol. The van der Waals surface area contributed by atoms with E-state index in [0.29, 0.717) is 12.4 Å². The van der Waals surface area contributed by atoms with Crippen molar-refractivity contribution in [1.82, 2.24) is 9.97 Å². The van der Waals surface area contributed by atoms with Gasteiger partial charge in [-0.15, -0.1) is 0 Å². The molecule has 2 rings (SSSR count). The van der Waals surface area contributed by atoms with Gasteiger partial charge in [-0.2, -0.15) is 0 Å². The van der Waals surface area contributed by atoms with Gasteiger partial charge in [0.25, 0.3) is 0 Å². The van der Waals surface area contributed by atoms with E-state index in [1.807, 2.05) is 30.3 Å². The van der Waals surface area contributed by atoms with Crippen molar-refractivity contribution in [1.29, 1.82) is 0 Å². The minimum absolute atomic E-state index is 0.138. The molecule has 82 valence electrons. The molecule has 2 aromatic rings. The lowest BCUT2D eigenvalue weighted by Gasteiger charge is -2.05. The summed E-state index contributed by atoms with van der Waals surface area (Å²) in [6, 6.07) is 11.8. The van der Waals surface area contributed by atoms with Crippen molar-refractivity contribution in [3.8, 4) is 0 Å². The van der Waals surface area contributed by atoms with Crippen molar-refractivity contribution in [2.75, 3.05) is 5.32 Å². The predicted octanol–water partition coefficient (Wildman–Crippen LogP) is 1.58. The molecule has 1 heterocycles. The highest BCUT2D eigenvalue weighted by Crippen LogP contribution is 2.05. The normalized spacial score (nSPS) is 10.1. The van der Waals surface area contributed by atoms with Crippen LogP contribution in [-0.4, -0.2) is 15.1 Å². The lowest BCUT2D eigenvalue weighted by atomic mass is 10.2. The fraction of sp³-hybridized carbons (Fsp3) is 0.167. The highest BCUT2D eigenvalue weighted by molar-refractivity contribution is 5.34. The monoisotopic (exact) mass is 215 g/mol. The van der Waals surface area contributed by atoms with Crippen LogP contribution in [-0.2, 0) is 13.2 Å². The molecule has 0 spiro atoms. The van der Waals surface area contributed by atoms with Crippen molar-refractivity contribution < 1.29 is 5.11 Å². The molecule has 1 aromatic heterocycles. The number of hydrogen-bond donors (Lipinski definition) is 2. The number of benzene rings is 1. The second-order valence-corrected chi connectivity index (χ2v) is 3.36. The van der Waals surface area contributed by atoms with E-state index < -0.39 is 0 Å². The third-order valence-corrected chi connectivity index (χ3v) is 2.16. The van der Waals surface area contributed by atoms with E-state index in [-0.39, 0.29) is 6.61 Å². The Morgan fingerprint density at radius 3 is 2.69 bits per heavy atom. The van der Waals surface area contributed by atoms with Crippen LogP contribution in [0.1, 0.15) is 11.4 Å². The maximum Gasteiger partial charge on any atom is 0.156 e. The molecule has 0 bridgehead atoms. The smallest absolute Gasteiger partial charge is 0.156 e. The summed E-state index contributed by atoms with van der Waals surface area (Å²) >= 11 is 0. The number of rotatable bonds is 4. The maximum absolute atomic E-state index is 8.89. The van der Waals surface area contributed by atoms with Crippen LogP contribution in [0.25, 0.3) is 0 Å². The molecule has 4 nitrogen and oxygen atoms in total. The lowest BCUT2D eigenvalue weighted by Crippen LogP contribution is -2.03. The summed E-state index contributed by atoms with van der Waals surface area (Å²) in [5.74, 6) is 1.15. The molecule has 0 atom stereocenters. The number of aliphatic hydroxyl groups excluding tert-OH is 1. The van der Waals surface area contributed by atoms with Crippen LogP contribution < -0.4 is 5.32 Å². The summed E-state index contributed by atoms with van der Waals surface area (Å²) in [5.41, 5.74) is 1.19. The average molecular weight is 215 g/mol. The second-order valence-electron chi connectivity index (χ2n) is 3.36. The Balaban J connectivity index is 1.99. The van der Waals surface area contributed by atoms with Crippen LogP contribution in [0, 0.1) is 0 Å². The Morgan fingerprint density at radius 1 is 1.12 bits per heavy atom. The summed E-state index contributed by atoms with van der Waals surface area (Å²) < 4.78 is 0. The standard InChI is InChI=1S/C12H13N3O/c16-9-12-13-7-6-11(15-12)14-8-10-4-2-1-3-5-10/h1-7,16H,8-9H2,(H,13,14,15). The van der Waals surface area contributed by atoms with Crippen molar-refractivity contribution in [2.24, 2.45) is 0 Å². The Morgan fingerprint density at radius 2 is 1.94 bits per heavy atom. The summed E-state index contributed by atoms with van der Waals surface area (Å²) in [7, 11) is 0. The van der Waals surface area contributed by atoms with E-state index >= 15 is 0 Å². The van der Waals surface area contributed by atoms with Crippen LogP contribution in [0.4, 0.5) is 5.82 Å². The fourth-order valence-electron chi connectivity index (χ4n) is 1.36. The Hall–Kier alpha value is -1.94. The molecule has 0 aliphatic carbocycles. The van der Waals surface area contributed by atoms with Gasteiger partial charge < -0.3 is 10.4 Å². The zero-order chi connectivity index (χ0) is 11.2. The first-order chi connectivity index (χ1) is 7.88. The van der Waals surface area contributed by atoms with Crippen LogP contribution >= 0.6 is 0 Å². The van der Waals surface area contributed by atoms with Gasteiger partial charge in [-0.05, 0) is 11.6 Å². The number of nitrogens with one attached hydrogen (secondary N) is 1. The van der Waals surface area contributed by atoms with Crippen LogP contribution in [0.3, 0.4) is 0 Å². The van der Waals surface area contributed by atoms with E-state index in [9.17, 15) is 0 Å². The molecule has 0 saturated carbocycles. The molecule has 0 aliphatic heterocycles. The molecule has 0 fully saturated rings. The molecule has 0 saturated heterocycles. The van der Waals surface area contributed by atoms with Gasteiger partial charge in [-0.1, -0.05) is 30.3 Å². The minimum Gasteiger partial charge on any atom is -0.388 e. The highest BCUT2D eigenvalue weighted by Gasteiger charge is 1.97. The third-order valence-electron chi connectivity index (χ3n) is 2.16. The molecule has 0 radical (unpaired) electrons. The molecule has 4 heteroatoms. The fourth-order valence-corrected chi connectivity index (χ4v) is 1.36. The van der Waals surface area contributed by atoms with Crippen molar-refractivity contribution in [3.05, 3.63) is 54.0 Å². The van der Waals surface area contributed by atoms with E-state index in [2.05, 4.69) is 15.3 Å². The molecule has 2 N–H and O–H groups in total. The van der Waals surface area contributed by atoms with Crippen molar-refractivity contribution in [2.45, 2.75) is 13.2 Å². The largest absolute Gasteiger partial charge is 0.388 e. The van der Waals surface area contributed by atoms with Crippen molar-refractivity contribution in [3.63, 3.8) is 0 Å². The first-order valence-corrected chi connectivity index (χ1v) is 5.09. The molecule has 0 amide bonds. The van der Waals surface area contributed by atoms with Crippen LogP contribution in [0.15, 0.2) is 42.6 Å². The zero-order valence-electron chi connectivity index (χ0n) is 8.80. The maximum atomic E-state index is 8.89. The van der Waals surface area contributed by atoms with Gasteiger partial charge in [0.2, 0.25) is 0 Å². The Kier molecular flexibility index (Phi) is 3.46. The first-order valence-electron chi connectivity index (χ1n) is 5.09. The Labute approximate surface area is 94.0 Å². The van der Waals surface area contributed by atoms with E-state index in [1.165, 1.54) is 5.56 Å². The quantitative estimate of drug-likeness (QED) is 0.813. The molecule has 1 aromatic carbocycles. The third kappa shape index (κ3) is 2.77. The zero-order valence-corrected chi connectivity index (χ0v) is 8.80. The number of aromatic nitrogens is 2. The second kappa shape index (κ2) is 5.23. The van der Waals surface area contributed by atoms with Crippen molar-refractivity contribution >= 4 is 5.82 Å². The van der Waals surface area contributed by atoms with E-state index in [4.69, 9.17) is 5.11 Å². The van der Waals surface area contributed by atoms with Gasteiger partial charge >= 0.3 is 0 Å². The summed E-state index contributed by atoms with van der Waals surface area (Å²) in [4.78, 5) is 8.05. The summed E-state index contributed by atoms with van der Waals surface area (Å²) in [6.07, 6.45) is 1.63. The molecule has 0 unspecified atom stereocenters. The van der Waals surface area contributed by atoms with E-state index in [1.54, 1.807) is 12.3 Å². The molecular formula is C12H13N3O. The van der Waals surface area contributed by atoms with Gasteiger partial charge in [0.15, 0.2) is 5.82 Å². The number of hydrogen-bond acceptors (Lipinski definition) is 4. The van der Waals surface area contributed by atoms with Gasteiger partial charge in [-0.25, -0.2) is 9.97 Å². The van der Waals surface area contributed by atoms with Gasteiger partial charge in [0.1, 0.15) is 12.4 Å². The molecule has 0 aliphatic rings. The number of anilines is 1. The Bertz CT molecular complexity index is 445. The SMILES string of the molecule is OCc1nccc(NCc2ccccc2)n1. The summed E-state index contributed by atoms with van der Waals surface area (Å²) in [6.45, 7) is 0.573. The topological polar surface area (TPSA) is 58.0 Å². The summed E-state index contributed by atoms with van der Waals surface area (Å²) in [5, 5.41) is 12.1. The van der Waals surface area contributed by atoms with Crippen LogP contribution in [0.5, 0.6) is 0 Å². The van der Waals surface area contributed by atoms with Crippen LogP contribution in [0.2, 0.25) is 0 Å². The number of aliphatic hydroxyl groups is 1. The highest BCUT2D eigenvalue weighted by atomic mass is 16.3.